The van der Waals surface area contributed by atoms with Crippen LogP contribution in [0.25, 0.3) is 11.3 Å². The summed E-state index contributed by atoms with van der Waals surface area (Å²) in [6.45, 7) is 2.44. The Labute approximate surface area is 164 Å². The van der Waals surface area contributed by atoms with Gasteiger partial charge in [0.15, 0.2) is 0 Å². The molecule has 0 saturated carbocycles. The molecule has 0 fully saturated rings. The van der Waals surface area contributed by atoms with Crippen LogP contribution in [0.4, 0.5) is 0 Å². The molecule has 3 rings (SSSR count). The van der Waals surface area contributed by atoms with E-state index in [1.54, 1.807) is 18.2 Å². The number of H-pyrrole nitrogens is 1. The van der Waals surface area contributed by atoms with E-state index in [2.05, 4.69) is 36.7 Å². The van der Waals surface area contributed by atoms with Crippen molar-refractivity contribution in [3.05, 3.63) is 64.3 Å². The second-order valence-electron chi connectivity index (χ2n) is 5.50. The normalized spacial score (nSPS) is 10.9. The van der Waals surface area contributed by atoms with E-state index in [9.17, 15) is 9.90 Å². The van der Waals surface area contributed by atoms with Crippen molar-refractivity contribution >= 4 is 28.1 Å². The summed E-state index contributed by atoms with van der Waals surface area (Å²) in [6.07, 6.45) is 1.36. The fraction of sp³-hybridized carbons (Fsp3) is 0.105. The monoisotopic (exact) mass is 428 g/mol. The van der Waals surface area contributed by atoms with Crippen molar-refractivity contribution < 1.29 is 14.6 Å². The summed E-state index contributed by atoms with van der Waals surface area (Å²) in [5.41, 5.74) is 4.51. The van der Waals surface area contributed by atoms with Crippen molar-refractivity contribution in [1.29, 1.82) is 0 Å². The Morgan fingerprint density at radius 2 is 2.15 bits per heavy atom. The maximum Gasteiger partial charge on any atom is 0.289 e. The van der Waals surface area contributed by atoms with Gasteiger partial charge in [0.1, 0.15) is 17.2 Å². The molecule has 1 amide bonds. The van der Waals surface area contributed by atoms with Crippen LogP contribution in [-0.4, -0.2) is 34.0 Å². The van der Waals surface area contributed by atoms with Gasteiger partial charge < -0.3 is 9.84 Å². The summed E-state index contributed by atoms with van der Waals surface area (Å²) in [7, 11) is 0. The number of carbonyl (C=O) groups is 1. The van der Waals surface area contributed by atoms with Crippen molar-refractivity contribution in [1.82, 2.24) is 15.6 Å². The second kappa shape index (κ2) is 8.50. The summed E-state index contributed by atoms with van der Waals surface area (Å²) in [4.78, 5) is 12.2. The highest BCUT2D eigenvalue weighted by Crippen LogP contribution is 2.28. The molecular weight excluding hydrogens is 412 g/mol. The van der Waals surface area contributed by atoms with Crippen LogP contribution in [0, 0.1) is 0 Å². The number of phenolic OH excluding ortho intramolecular Hbond substituents is 1. The number of phenols is 1. The molecule has 2 aromatic carbocycles. The van der Waals surface area contributed by atoms with E-state index in [1.165, 1.54) is 12.3 Å². The molecule has 1 heterocycles. The summed E-state index contributed by atoms with van der Waals surface area (Å²) in [6, 6.07) is 14.0. The molecular formula is C19H17BrN4O3. The maximum absolute atomic E-state index is 12.2. The molecule has 0 aliphatic carbocycles. The van der Waals surface area contributed by atoms with Gasteiger partial charge in [-0.3, -0.25) is 9.89 Å². The molecule has 0 unspecified atom stereocenters. The van der Waals surface area contributed by atoms with Gasteiger partial charge in [-0.15, -0.1) is 0 Å². The highest BCUT2D eigenvalue weighted by molar-refractivity contribution is 9.10. The van der Waals surface area contributed by atoms with E-state index in [0.29, 0.717) is 23.6 Å². The topological polar surface area (TPSA) is 99.6 Å². The fourth-order valence-electron chi connectivity index (χ4n) is 2.39. The number of hydrogen-bond donors (Lipinski definition) is 3. The molecule has 0 saturated heterocycles. The Balaban J connectivity index is 1.72. The van der Waals surface area contributed by atoms with Crippen LogP contribution in [0.3, 0.4) is 0 Å². The van der Waals surface area contributed by atoms with Gasteiger partial charge >= 0.3 is 0 Å². The van der Waals surface area contributed by atoms with E-state index < -0.39 is 5.91 Å². The first-order valence-electron chi connectivity index (χ1n) is 8.18. The number of carbonyl (C=O) groups excluding carboxylic acids is 1. The fourth-order valence-corrected chi connectivity index (χ4v) is 2.76. The number of hydrazone groups is 1. The lowest BCUT2D eigenvalue weighted by molar-refractivity contribution is 0.0950. The Morgan fingerprint density at radius 3 is 2.96 bits per heavy atom. The number of hydrogen-bond acceptors (Lipinski definition) is 5. The third-order valence-electron chi connectivity index (χ3n) is 3.64. The molecule has 7 nitrogen and oxygen atoms in total. The van der Waals surface area contributed by atoms with Crippen molar-refractivity contribution in [3.8, 4) is 22.8 Å². The quantitative estimate of drug-likeness (QED) is 0.411. The molecule has 1 aromatic heterocycles. The van der Waals surface area contributed by atoms with Crippen LogP contribution in [0.5, 0.6) is 11.5 Å². The second-order valence-corrected chi connectivity index (χ2v) is 6.41. The molecule has 0 spiro atoms. The van der Waals surface area contributed by atoms with Crippen molar-refractivity contribution in [2.45, 2.75) is 6.92 Å². The van der Waals surface area contributed by atoms with Gasteiger partial charge in [0.25, 0.3) is 5.91 Å². The summed E-state index contributed by atoms with van der Waals surface area (Å²) >= 11 is 3.31. The van der Waals surface area contributed by atoms with Crippen LogP contribution in [0.1, 0.15) is 23.0 Å². The minimum Gasteiger partial charge on any atom is -0.507 e. The van der Waals surface area contributed by atoms with E-state index >= 15 is 0 Å². The summed E-state index contributed by atoms with van der Waals surface area (Å²) in [5, 5.41) is 20.5. The van der Waals surface area contributed by atoms with Crippen molar-refractivity contribution in [2.24, 2.45) is 5.10 Å². The first-order valence-corrected chi connectivity index (χ1v) is 8.97. The van der Waals surface area contributed by atoms with Crippen LogP contribution in [-0.2, 0) is 0 Å². The number of aromatic amines is 1. The molecule has 0 radical (unpaired) electrons. The van der Waals surface area contributed by atoms with Crippen LogP contribution >= 0.6 is 15.9 Å². The molecule has 3 N–H and O–H groups in total. The van der Waals surface area contributed by atoms with Crippen LogP contribution in [0.15, 0.2) is 58.1 Å². The SMILES string of the molecule is CCOc1ccccc1-c1cc(C(=O)NN=Cc2cc(Br)ccc2O)[nH]n1. The predicted molar refractivity (Wildman–Crippen MR) is 106 cm³/mol. The first kappa shape index (κ1) is 18.7. The molecule has 8 heteroatoms. The van der Waals surface area contributed by atoms with Gasteiger partial charge in [-0.25, -0.2) is 5.43 Å². The Kier molecular flexibility index (Phi) is 5.87. The summed E-state index contributed by atoms with van der Waals surface area (Å²) < 4.78 is 6.38. The lowest BCUT2D eigenvalue weighted by Crippen LogP contribution is -2.18. The van der Waals surface area contributed by atoms with Gasteiger partial charge in [-0.1, -0.05) is 28.1 Å². The third-order valence-corrected chi connectivity index (χ3v) is 4.14. The van der Waals surface area contributed by atoms with Gasteiger partial charge in [0.2, 0.25) is 0 Å². The van der Waals surface area contributed by atoms with Gasteiger partial charge in [0, 0.05) is 15.6 Å². The zero-order chi connectivity index (χ0) is 19.2. The number of para-hydroxylation sites is 1. The summed E-state index contributed by atoms with van der Waals surface area (Å²) in [5.74, 6) is 0.308. The van der Waals surface area contributed by atoms with Gasteiger partial charge in [-0.2, -0.15) is 10.2 Å². The third kappa shape index (κ3) is 4.53. The number of aromatic hydroxyl groups is 1. The van der Waals surface area contributed by atoms with E-state index in [-0.39, 0.29) is 11.4 Å². The number of nitrogens with one attached hydrogen (secondary N) is 2. The molecule has 0 aliphatic rings. The number of aromatic nitrogens is 2. The molecule has 138 valence electrons. The van der Waals surface area contributed by atoms with Gasteiger partial charge in [0.05, 0.1) is 18.5 Å². The highest BCUT2D eigenvalue weighted by Gasteiger charge is 2.13. The standard InChI is InChI=1S/C19H17BrN4O3/c1-2-27-18-6-4-3-5-14(18)15-10-16(23-22-15)19(26)24-21-11-12-9-13(20)7-8-17(12)25/h3-11,25H,2H2,1H3,(H,22,23)(H,24,26). The minimum absolute atomic E-state index is 0.0626. The molecule has 27 heavy (non-hydrogen) atoms. The van der Waals surface area contributed by atoms with E-state index in [1.807, 2.05) is 31.2 Å². The lowest BCUT2D eigenvalue weighted by Gasteiger charge is -2.07. The van der Waals surface area contributed by atoms with Gasteiger partial charge in [-0.05, 0) is 43.3 Å². The minimum atomic E-state index is -0.451. The Hall–Kier alpha value is -3.13. The zero-order valence-electron chi connectivity index (χ0n) is 14.4. The van der Waals surface area contributed by atoms with E-state index in [4.69, 9.17) is 4.74 Å². The average Bonchev–Trinajstić information content (AvgIpc) is 3.15. The number of halogens is 1. The maximum atomic E-state index is 12.2. The number of benzene rings is 2. The highest BCUT2D eigenvalue weighted by atomic mass is 79.9. The first-order chi connectivity index (χ1) is 13.1. The Morgan fingerprint density at radius 1 is 1.33 bits per heavy atom. The van der Waals surface area contributed by atoms with Crippen LogP contribution in [0.2, 0.25) is 0 Å². The van der Waals surface area contributed by atoms with E-state index in [0.717, 1.165) is 10.0 Å². The number of ether oxygens (including phenoxy) is 1. The molecule has 0 bridgehead atoms. The number of nitrogens with zero attached hydrogens (tertiary/aromatic N) is 2. The molecule has 0 aliphatic heterocycles. The largest absolute Gasteiger partial charge is 0.507 e. The van der Waals surface area contributed by atoms with Crippen molar-refractivity contribution in [3.63, 3.8) is 0 Å². The number of rotatable bonds is 6. The molecule has 0 atom stereocenters. The Bertz CT molecular complexity index is 985. The van der Waals surface area contributed by atoms with Crippen molar-refractivity contribution in [2.75, 3.05) is 6.61 Å². The molecule has 3 aromatic rings. The number of amides is 1. The lowest BCUT2D eigenvalue weighted by atomic mass is 10.1. The van der Waals surface area contributed by atoms with Crippen LogP contribution < -0.4 is 10.2 Å². The smallest absolute Gasteiger partial charge is 0.289 e. The predicted octanol–water partition coefficient (Wildman–Crippen LogP) is 3.71. The zero-order valence-corrected chi connectivity index (χ0v) is 16.0. The average molecular weight is 429 g/mol.